The summed E-state index contributed by atoms with van der Waals surface area (Å²) in [4.78, 5) is 12.3. The average molecular weight is 453 g/mol. The number of aromatic hydroxyl groups is 1. The van der Waals surface area contributed by atoms with Gasteiger partial charge in [0.15, 0.2) is 0 Å². The SMILES string of the molecule is O=C(NN=Cc1ccc(OCc2ccccc2)cc1OCc1ccccc1)c1ccc(O)cc1. The minimum atomic E-state index is -0.384. The molecule has 0 unspecified atom stereocenters. The van der Waals surface area contributed by atoms with Crippen molar-refractivity contribution < 1.29 is 19.4 Å². The maximum Gasteiger partial charge on any atom is 0.271 e. The number of nitrogens with one attached hydrogen (secondary N) is 1. The van der Waals surface area contributed by atoms with Crippen LogP contribution in [0.1, 0.15) is 27.0 Å². The van der Waals surface area contributed by atoms with Crippen LogP contribution >= 0.6 is 0 Å². The van der Waals surface area contributed by atoms with E-state index in [0.717, 1.165) is 11.1 Å². The molecule has 4 aromatic carbocycles. The van der Waals surface area contributed by atoms with Crippen molar-refractivity contribution in [1.29, 1.82) is 0 Å². The van der Waals surface area contributed by atoms with Crippen molar-refractivity contribution in [2.45, 2.75) is 13.2 Å². The van der Waals surface area contributed by atoms with E-state index in [-0.39, 0.29) is 11.7 Å². The van der Waals surface area contributed by atoms with E-state index in [1.165, 1.54) is 30.5 Å². The first-order valence-corrected chi connectivity index (χ1v) is 10.8. The molecule has 6 heteroatoms. The summed E-state index contributed by atoms with van der Waals surface area (Å²) in [5.74, 6) is 0.954. The summed E-state index contributed by atoms with van der Waals surface area (Å²) in [5.41, 5.74) is 5.66. The summed E-state index contributed by atoms with van der Waals surface area (Å²) in [6.45, 7) is 0.818. The number of nitrogens with zero attached hydrogens (tertiary/aromatic N) is 1. The summed E-state index contributed by atoms with van der Waals surface area (Å²) < 4.78 is 12.0. The molecule has 0 spiro atoms. The Hall–Kier alpha value is -4.58. The van der Waals surface area contributed by atoms with Crippen molar-refractivity contribution in [3.05, 3.63) is 125 Å². The highest BCUT2D eigenvalue weighted by Crippen LogP contribution is 2.25. The minimum absolute atomic E-state index is 0.0924. The molecule has 4 rings (SSSR count). The van der Waals surface area contributed by atoms with Gasteiger partial charge in [-0.2, -0.15) is 5.10 Å². The van der Waals surface area contributed by atoms with Gasteiger partial charge in [0.1, 0.15) is 30.5 Å². The Morgan fingerprint density at radius 3 is 2.06 bits per heavy atom. The van der Waals surface area contributed by atoms with E-state index in [2.05, 4.69) is 10.5 Å². The molecule has 0 saturated heterocycles. The second-order valence-corrected chi connectivity index (χ2v) is 7.49. The van der Waals surface area contributed by atoms with E-state index < -0.39 is 0 Å². The highest BCUT2D eigenvalue weighted by atomic mass is 16.5. The Bertz CT molecular complexity index is 1240. The zero-order valence-corrected chi connectivity index (χ0v) is 18.4. The lowest BCUT2D eigenvalue weighted by Gasteiger charge is -2.12. The van der Waals surface area contributed by atoms with E-state index in [1.54, 1.807) is 0 Å². The van der Waals surface area contributed by atoms with Gasteiger partial charge in [0.25, 0.3) is 5.91 Å². The third kappa shape index (κ3) is 6.46. The fourth-order valence-corrected chi connectivity index (χ4v) is 3.15. The van der Waals surface area contributed by atoms with Crippen molar-refractivity contribution in [3.63, 3.8) is 0 Å². The zero-order valence-electron chi connectivity index (χ0n) is 18.4. The summed E-state index contributed by atoms with van der Waals surface area (Å²) >= 11 is 0. The molecule has 4 aromatic rings. The molecule has 34 heavy (non-hydrogen) atoms. The lowest BCUT2D eigenvalue weighted by molar-refractivity contribution is 0.0955. The molecular weight excluding hydrogens is 428 g/mol. The Morgan fingerprint density at radius 2 is 1.41 bits per heavy atom. The van der Waals surface area contributed by atoms with Crippen LogP contribution < -0.4 is 14.9 Å². The molecule has 0 aliphatic heterocycles. The molecule has 0 aliphatic carbocycles. The summed E-state index contributed by atoms with van der Waals surface area (Å²) in [5, 5.41) is 13.4. The molecule has 1 amide bonds. The van der Waals surface area contributed by atoms with E-state index in [4.69, 9.17) is 9.47 Å². The average Bonchev–Trinajstić information content (AvgIpc) is 2.88. The maximum atomic E-state index is 12.3. The van der Waals surface area contributed by atoms with Crippen LogP contribution in [-0.4, -0.2) is 17.2 Å². The van der Waals surface area contributed by atoms with Crippen LogP contribution in [0.4, 0.5) is 0 Å². The number of phenolic OH excluding ortho intramolecular Hbond substituents is 1. The van der Waals surface area contributed by atoms with Crippen LogP contribution in [0.5, 0.6) is 17.2 Å². The van der Waals surface area contributed by atoms with Gasteiger partial charge in [0.2, 0.25) is 0 Å². The van der Waals surface area contributed by atoms with E-state index >= 15 is 0 Å². The van der Waals surface area contributed by atoms with Gasteiger partial charge in [-0.25, -0.2) is 5.43 Å². The Balaban J connectivity index is 1.47. The predicted octanol–water partition coefficient (Wildman–Crippen LogP) is 5.31. The molecule has 2 N–H and O–H groups in total. The first kappa shape index (κ1) is 22.6. The van der Waals surface area contributed by atoms with Crippen molar-refractivity contribution in [2.24, 2.45) is 5.10 Å². The number of carbonyl (C=O) groups is 1. The fraction of sp³-hybridized carbons (Fsp3) is 0.0714. The molecule has 0 aromatic heterocycles. The second kappa shape index (κ2) is 11.3. The third-order valence-corrected chi connectivity index (χ3v) is 4.97. The highest BCUT2D eigenvalue weighted by molar-refractivity contribution is 5.95. The number of phenols is 1. The molecular formula is C28H24N2O4. The molecule has 170 valence electrons. The van der Waals surface area contributed by atoms with E-state index in [1.807, 2.05) is 78.9 Å². The number of hydrogen-bond donors (Lipinski definition) is 2. The number of rotatable bonds is 9. The smallest absolute Gasteiger partial charge is 0.271 e. The van der Waals surface area contributed by atoms with Crippen molar-refractivity contribution in [2.75, 3.05) is 0 Å². The van der Waals surface area contributed by atoms with Crippen LogP contribution in [0.25, 0.3) is 0 Å². The first-order chi connectivity index (χ1) is 16.7. The van der Waals surface area contributed by atoms with Crippen LogP contribution in [0.2, 0.25) is 0 Å². The quantitative estimate of drug-likeness (QED) is 0.266. The van der Waals surface area contributed by atoms with Gasteiger partial charge in [0, 0.05) is 17.2 Å². The van der Waals surface area contributed by atoms with Gasteiger partial charge in [-0.05, 0) is 47.5 Å². The van der Waals surface area contributed by atoms with E-state index in [9.17, 15) is 9.90 Å². The van der Waals surface area contributed by atoms with Gasteiger partial charge in [-0.3, -0.25) is 4.79 Å². The number of hydrogen-bond acceptors (Lipinski definition) is 5. The number of amides is 1. The Morgan fingerprint density at radius 1 is 0.794 bits per heavy atom. The number of ether oxygens (including phenoxy) is 2. The van der Waals surface area contributed by atoms with Crippen molar-refractivity contribution >= 4 is 12.1 Å². The molecule has 0 bridgehead atoms. The third-order valence-electron chi connectivity index (χ3n) is 4.97. The molecule has 0 saturated carbocycles. The van der Waals surface area contributed by atoms with Crippen molar-refractivity contribution in [3.8, 4) is 17.2 Å². The normalized spacial score (nSPS) is 10.7. The number of benzene rings is 4. The molecule has 0 aliphatic rings. The largest absolute Gasteiger partial charge is 0.508 e. The van der Waals surface area contributed by atoms with Crippen LogP contribution in [0, 0.1) is 0 Å². The first-order valence-electron chi connectivity index (χ1n) is 10.8. The summed E-state index contributed by atoms with van der Waals surface area (Å²) in [7, 11) is 0. The molecule has 6 nitrogen and oxygen atoms in total. The zero-order chi connectivity index (χ0) is 23.6. The Kier molecular flexibility index (Phi) is 7.54. The van der Waals surface area contributed by atoms with Gasteiger partial charge < -0.3 is 14.6 Å². The lowest BCUT2D eigenvalue weighted by atomic mass is 10.2. The number of carbonyl (C=O) groups excluding carboxylic acids is 1. The van der Waals surface area contributed by atoms with Crippen LogP contribution in [0.15, 0.2) is 108 Å². The highest BCUT2D eigenvalue weighted by Gasteiger charge is 2.08. The lowest BCUT2D eigenvalue weighted by Crippen LogP contribution is -2.17. The van der Waals surface area contributed by atoms with Crippen LogP contribution in [0.3, 0.4) is 0 Å². The molecule has 0 fully saturated rings. The summed E-state index contributed by atoms with van der Waals surface area (Å²) in [6.07, 6.45) is 1.53. The van der Waals surface area contributed by atoms with Gasteiger partial charge in [-0.1, -0.05) is 60.7 Å². The minimum Gasteiger partial charge on any atom is -0.508 e. The predicted molar refractivity (Wildman–Crippen MR) is 131 cm³/mol. The maximum absolute atomic E-state index is 12.3. The van der Waals surface area contributed by atoms with Gasteiger partial charge in [-0.15, -0.1) is 0 Å². The molecule has 0 heterocycles. The Labute approximate surface area is 198 Å². The summed E-state index contributed by atoms with van der Waals surface area (Å²) in [6, 6.07) is 31.2. The topological polar surface area (TPSA) is 80.2 Å². The van der Waals surface area contributed by atoms with Gasteiger partial charge >= 0.3 is 0 Å². The molecule has 0 atom stereocenters. The standard InChI is InChI=1S/C28H24N2O4/c31-25-14-11-23(12-15-25)28(32)30-29-18-24-13-16-26(33-19-21-7-3-1-4-8-21)17-27(24)34-20-22-9-5-2-6-10-22/h1-18,31H,19-20H2,(H,30,32). The fourth-order valence-electron chi connectivity index (χ4n) is 3.15. The monoisotopic (exact) mass is 452 g/mol. The second-order valence-electron chi connectivity index (χ2n) is 7.49. The van der Waals surface area contributed by atoms with E-state index in [0.29, 0.717) is 35.8 Å². The van der Waals surface area contributed by atoms with Crippen molar-refractivity contribution in [1.82, 2.24) is 5.43 Å². The number of hydrazone groups is 1. The van der Waals surface area contributed by atoms with Crippen LogP contribution in [-0.2, 0) is 13.2 Å². The van der Waals surface area contributed by atoms with Gasteiger partial charge in [0.05, 0.1) is 6.21 Å². The molecule has 0 radical (unpaired) electrons.